The van der Waals surface area contributed by atoms with Gasteiger partial charge in [0, 0.05) is 18.4 Å². The van der Waals surface area contributed by atoms with Crippen LogP contribution in [-0.4, -0.2) is 18.5 Å². The van der Waals surface area contributed by atoms with E-state index in [4.69, 9.17) is 4.74 Å². The molecule has 0 unspecified atom stereocenters. The third-order valence-corrected chi connectivity index (χ3v) is 3.66. The molecule has 0 spiro atoms. The van der Waals surface area contributed by atoms with Crippen LogP contribution < -0.4 is 0 Å². The molecule has 0 amide bonds. The van der Waals surface area contributed by atoms with Crippen LogP contribution in [0, 0.1) is 11.3 Å². The minimum atomic E-state index is -0.00461. The lowest BCUT2D eigenvalue weighted by Gasteiger charge is -2.26. The van der Waals surface area contributed by atoms with Gasteiger partial charge in [-0.1, -0.05) is 6.08 Å². The zero-order valence-corrected chi connectivity index (χ0v) is 8.79. The van der Waals surface area contributed by atoms with Gasteiger partial charge in [-0.2, -0.15) is 0 Å². The Labute approximate surface area is 85.3 Å². The molecule has 0 aromatic heterocycles. The molecule has 2 heteroatoms. The Kier molecular flexibility index (Phi) is 2.48. The van der Waals surface area contributed by atoms with Crippen molar-refractivity contribution in [3.05, 3.63) is 12.7 Å². The topological polar surface area (TPSA) is 26.3 Å². The summed E-state index contributed by atoms with van der Waals surface area (Å²) in [6.07, 6.45) is 5.72. The summed E-state index contributed by atoms with van der Waals surface area (Å²) in [6, 6.07) is 0. The summed E-state index contributed by atoms with van der Waals surface area (Å²) < 4.78 is 5.53. The molecule has 0 aromatic rings. The van der Waals surface area contributed by atoms with Gasteiger partial charge in [-0.05, 0) is 32.1 Å². The van der Waals surface area contributed by atoms with E-state index in [-0.39, 0.29) is 11.5 Å². The van der Waals surface area contributed by atoms with Crippen LogP contribution >= 0.6 is 0 Å². The Balaban J connectivity index is 1.99. The van der Waals surface area contributed by atoms with Crippen molar-refractivity contribution < 1.29 is 9.53 Å². The van der Waals surface area contributed by atoms with Gasteiger partial charge in [0.05, 0.1) is 6.10 Å². The van der Waals surface area contributed by atoms with Crippen LogP contribution in [-0.2, 0) is 9.53 Å². The van der Waals surface area contributed by atoms with E-state index in [9.17, 15) is 4.79 Å². The highest BCUT2D eigenvalue weighted by molar-refractivity contribution is 5.89. The molecule has 0 bridgehead atoms. The van der Waals surface area contributed by atoms with E-state index in [1.54, 1.807) is 0 Å². The van der Waals surface area contributed by atoms with Gasteiger partial charge in [-0.15, -0.1) is 6.58 Å². The maximum atomic E-state index is 11.9. The van der Waals surface area contributed by atoms with Crippen molar-refractivity contribution in [1.29, 1.82) is 0 Å². The molecule has 0 aliphatic heterocycles. The van der Waals surface area contributed by atoms with Gasteiger partial charge in [-0.3, -0.25) is 4.79 Å². The van der Waals surface area contributed by atoms with Gasteiger partial charge in [0.25, 0.3) is 0 Å². The number of rotatable bonds is 4. The first-order valence-corrected chi connectivity index (χ1v) is 5.48. The van der Waals surface area contributed by atoms with Crippen molar-refractivity contribution >= 4 is 5.78 Å². The molecule has 2 fully saturated rings. The average molecular weight is 194 g/mol. The molecule has 0 N–H and O–H groups in total. The molecule has 0 saturated heterocycles. The lowest BCUT2D eigenvalue weighted by molar-refractivity contribution is -0.130. The molecule has 0 aromatic carbocycles. The van der Waals surface area contributed by atoms with E-state index in [1.165, 1.54) is 0 Å². The quantitative estimate of drug-likeness (QED) is 0.642. The summed E-state index contributed by atoms with van der Waals surface area (Å²) in [4.78, 5) is 11.9. The van der Waals surface area contributed by atoms with Crippen LogP contribution in [0.15, 0.2) is 12.7 Å². The molecular weight excluding hydrogens is 176 g/mol. The number of carbonyl (C=O) groups excluding carboxylic acids is 1. The Bertz CT molecular complexity index is 259. The molecule has 2 saturated carbocycles. The standard InChI is InChI=1S/C12H18O2/c1-3-5-12-8-9(12)6-10(14-4-2)7-11(12)13/h3,9-10H,1,4-8H2,2H3/t9-,10-,12+/m1/s1. The van der Waals surface area contributed by atoms with Gasteiger partial charge in [0.2, 0.25) is 0 Å². The number of carbonyl (C=O) groups is 1. The molecule has 14 heavy (non-hydrogen) atoms. The Hall–Kier alpha value is -0.630. The highest BCUT2D eigenvalue weighted by Crippen LogP contribution is 2.61. The zero-order chi connectivity index (χ0) is 10.2. The number of hydrogen-bond donors (Lipinski definition) is 0. The first-order valence-electron chi connectivity index (χ1n) is 5.48. The zero-order valence-electron chi connectivity index (χ0n) is 8.79. The monoisotopic (exact) mass is 194 g/mol. The Morgan fingerprint density at radius 2 is 2.50 bits per heavy atom. The summed E-state index contributed by atoms with van der Waals surface area (Å²) in [5.41, 5.74) is -0.00461. The number of Topliss-reactive ketones (excluding diaryl/α,β-unsaturated/α-hetero) is 1. The van der Waals surface area contributed by atoms with E-state index in [1.807, 2.05) is 13.0 Å². The molecule has 2 rings (SSSR count). The lowest BCUT2D eigenvalue weighted by Crippen LogP contribution is -2.31. The fraction of sp³-hybridized carbons (Fsp3) is 0.750. The van der Waals surface area contributed by atoms with Gasteiger partial charge in [-0.25, -0.2) is 0 Å². The van der Waals surface area contributed by atoms with E-state index in [2.05, 4.69) is 6.58 Å². The van der Waals surface area contributed by atoms with Crippen molar-refractivity contribution in [2.75, 3.05) is 6.61 Å². The number of ketones is 1. The molecule has 2 aliphatic rings. The summed E-state index contributed by atoms with van der Waals surface area (Å²) >= 11 is 0. The fourth-order valence-electron chi connectivity index (χ4n) is 2.83. The third-order valence-electron chi connectivity index (χ3n) is 3.66. The third kappa shape index (κ3) is 1.42. The second-order valence-corrected chi connectivity index (χ2v) is 4.49. The van der Waals surface area contributed by atoms with Crippen LogP contribution in [0.4, 0.5) is 0 Å². The molecular formula is C12H18O2. The average Bonchev–Trinajstić information content (AvgIpc) is 2.81. The van der Waals surface area contributed by atoms with Crippen LogP contribution in [0.25, 0.3) is 0 Å². The van der Waals surface area contributed by atoms with Crippen molar-refractivity contribution in [2.45, 2.75) is 38.7 Å². The predicted molar refractivity (Wildman–Crippen MR) is 55.0 cm³/mol. The number of allylic oxidation sites excluding steroid dienone is 1. The van der Waals surface area contributed by atoms with Crippen molar-refractivity contribution in [1.82, 2.24) is 0 Å². The van der Waals surface area contributed by atoms with E-state index in [0.717, 1.165) is 25.9 Å². The lowest BCUT2D eigenvalue weighted by atomic mass is 9.83. The van der Waals surface area contributed by atoms with Crippen LogP contribution in [0.1, 0.15) is 32.6 Å². The molecule has 2 nitrogen and oxygen atoms in total. The largest absolute Gasteiger partial charge is 0.378 e. The summed E-state index contributed by atoms with van der Waals surface area (Å²) in [6.45, 7) is 6.44. The number of ether oxygens (including phenoxy) is 1. The SMILES string of the molecule is C=CC[C@]12C[C@H]1C[C@@H](OCC)CC2=O. The van der Waals surface area contributed by atoms with Gasteiger partial charge >= 0.3 is 0 Å². The minimum Gasteiger partial charge on any atom is -0.378 e. The Morgan fingerprint density at radius 3 is 3.07 bits per heavy atom. The maximum absolute atomic E-state index is 11.9. The number of hydrogen-bond acceptors (Lipinski definition) is 2. The van der Waals surface area contributed by atoms with E-state index in [0.29, 0.717) is 18.1 Å². The van der Waals surface area contributed by atoms with Gasteiger partial charge < -0.3 is 4.74 Å². The predicted octanol–water partition coefficient (Wildman–Crippen LogP) is 2.34. The molecule has 3 atom stereocenters. The maximum Gasteiger partial charge on any atom is 0.142 e. The molecule has 2 aliphatic carbocycles. The second kappa shape index (κ2) is 3.50. The van der Waals surface area contributed by atoms with Crippen molar-refractivity contribution in [2.24, 2.45) is 11.3 Å². The highest BCUT2D eigenvalue weighted by Gasteiger charge is 2.61. The first kappa shape index (κ1) is 9.91. The minimum absolute atomic E-state index is 0.00461. The number of fused-ring (bicyclic) bond motifs is 1. The van der Waals surface area contributed by atoms with Crippen molar-refractivity contribution in [3.63, 3.8) is 0 Å². The smallest absolute Gasteiger partial charge is 0.142 e. The van der Waals surface area contributed by atoms with Crippen LogP contribution in [0.3, 0.4) is 0 Å². The summed E-state index contributed by atoms with van der Waals surface area (Å²) in [7, 11) is 0. The molecule has 78 valence electrons. The normalized spacial score (nSPS) is 40.5. The molecule has 0 heterocycles. The second-order valence-electron chi connectivity index (χ2n) is 4.49. The summed E-state index contributed by atoms with van der Waals surface area (Å²) in [5.74, 6) is 0.991. The van der Waals surface area contributed by atoms with E-state index < -0.39 is 0 Å². The van der Waals surface area contributed by atoms with Crippen molar-refractivity contribution in [3.8, 4) is 0 Å². The summed E-state index contributed by atoms with van der Waals surface area (Å²) in [5, 5.41) is 0. The Morgan fingerprint density at radius 1 is 1.71 bits per heavy atom. The van der Waals surface area contributed by atoms with Crippen LogP contribution in [0.5, 0.6) is 0 Å². The van der Waals surface area contributed by atoms with E-state index >= 15 is 0 Å². The van der Waals surface area contributed by atoms with Crippen LogP contribution in [0.2, 0.25) is 0 Å². The first-order chi connectivity index (χ1) is 6.73. The fourth-order valence-corrected chi connectivity index (χ4v) is 2.83. The van der Waals surface area contributed by atoms with Gasteiger partial charge in [0.1, 0.15) is 5.78 Å². The highest BCUT2D eigenvalue weighted by atomic mass is 16.5. The molecule has 0 radical (unpaired) electrons. The van der Waals surface area contributed by atoms with Gasteiger partial charge in [0.15, 0.2) is 0 Å².